The van der Waals surface area contributed by atoms with Crippen molar-refractivity contribution < 1.29 is 9.18 Å². The Balaban J connectivity index is 1.23. The molecule has 0 aliphatic rings. The van der Waals surface area contributed by atoms with Gasteiger partial charge in [0.05, 0.1) is 28.3 Å². The number of hydrogen-bond donors (Lipinski definition) is 2. The van der Waals surface area contributed by atoms with Crippen LogP contribution < -0.4 is 5.32 Å². The Morgan fingerprint density at radius 1 is 1.14 bits per heavy atom. The van der Waals surface area contributed by atoms with Crippen molar-refractivity contribution in [3.8, 4) is 0 Å². The molecule has 0 aliphatic heterocycles. The van der Waals surface area contributed by atoms with Crippen molar-refractivity contribution in [1.29, 1.82) is 0 Å². The second-order valence-electron chi connectivity index (χ2n) is 6.61. The monoisotopic (exact) mass is 409 g/mol. The molecule has 0 saturated carbocycles. The van der Waals surface area contributed by atoms with E-state index in [-0.39, 0.29) is 24.4 Å². The molecule has 4 rings (SSSR count). The standard InChI is InChI=1S/C21H20FN5OS/c22-14-4-3-10-24-15(14)7-8-19(28)18-13-29-21(27-18)9-11-23-12-20-25-16-5-1-2-6-17(16)26-20/h1-6,10,13,23H,7-9,11-12H2,(H,25,26). The van der Waals surface area contributed by atoms with E-state index in [0.717, 1.165) is 34.8 Å². The number of nitrogens with zero attached hydrogens (tertiary/aromatic N) is 3. The second-order valence-corrected chi connectivity index (χ2v) is 7.55. The number of fused-ring (bicyclic) bond motifs is 1. The van der Waals surface area contributed by atoms with Crippen LogP contribution in [0.5, 0.6) is 0 Å². The molecule has 3 heterocycles. The number of Topliss-reactive ketones (excluding diaryl/α,β-unsaturated/α-hetero) is 1. The highest BCUT2D eigenvalue weighted by atomic mass is 32.1. The smallest absolute Gasteiger partial charge is 0.182 e. The van der Waals surface area contributed by atoms with Gasteiger partial charge in [-0.2, -0.15) is 0 Å². The highest BCUT2D eigenvalue weighted by Crippen LogP contribution is 2.14. The van der Waals surface area contributed by atoms with Crippen LogP contribution in [0.3, 0.4) is 0 Å². The van der Waals surface area contributed by atoms with Crippen LogP contribution in [0.4, 0.5) is 4.39 Å². The van der Waals surface area contributed by atoms with Crippen molar-refractivity contribution in [1.82, 2.24) is 25.3 Å². The van der Waals surface area contributed by atoms with Gasteiger partial charge in [-0.3, -0.25) is 9.78 Å². The maximum absolute atomic E-state index is 13.6. The van der Waals surface area contributed by atoms with Crippen LogP contribution in [0, 0.1) is 5.82 Å². The third kappa shape index (κ3) is 4.90. The number of imidazole rings is 1. The predicted octanol–water partition coefficient (Wildman–Crippen LogP) is 3.70. The van der Waals surface area contributed by atoms with Crippen LogP contribution in [-0.4, -0.2) is 32.3 Å². The lowest BCUT2D eigenvalue weighted by Crippen LogP contribution is -2.17. The van der Waals surface area contributed by atoms with Gasteiger partial charge in [0.25, 0.3) is 0 Å². The first-order valence-corrected chi connectivity index (χ1v) is 10.3. The van der Waals surface area contributed by atoms with E-state index in [1.807, 2.05) is 24.3 Å². The van der Waals surface area contributed by atoms with Crippen LogP contribution >= 0.6 is 11.3 Å². The molecule has 148 valence electrons. The number of nitrogens with one attached hydrogen (secondary N) is 2. The zero-order chi connectivity index (χ0) is 20.1. The number of para-hydroxylation sites is 2. The molecule has 4 aromatic rings. The molecule has 0 fully saturated rings. The number of carbonyl (C=O) groups excluding carboxylic acids is 1. The van der Waals surface area contributed by atoms with Gasteiger partial charge in [-0.1, -0.05) is 12.1 Å². The third-order valence-corrected chi connectivity index (χ3v) is 5.42. The number of aromatic nitrogens is 4. The largest absolute Gasteiger partial charge is 0.341 e. The Bertz CT molecular complexity index is 1090. The fourth-order valence-electron chi connectivity index (χ4n) is 3.01. The summed E-state index contributed by atoms with van der Waals surface area (Å²) in [7, 11) is 0. The molecule has 6 nitrogen and oxygen atoms in total. The Morgan fingerprint density at radius 3 is 2.90 bits per heavy atom. The number of carbonyl (C=O) groups is 1. The number of halogens is 1. The topological polar surface area (TPSA) is 83.6 Å². The summed E-state index contributed by atoms with van der Waals surface area (Å²) in [5.41, 5.74) is 2.74. The average molecular weight is 409 g/mol. The quantitative estimate of drug-likeness (QED) is 0.325. The lowest BCUT2D eigenvalue weighted by atomic mass is 10.1. The first-order chi connectivity index (χ1) is 14.2. The molecule has 0 radical (unpaired) electrons. The molecule has 0 amide bonds. The summed E-state index contributed by atoms with van der Waals surface area (Å²) < 4.78 is 13.6. The van der Waals surface area contributed by atoms with Crippen molar-refractivity contribution in [2.75, 3.05) is 6.54 Å². The van der Waals surface area contributed by atoms with Gasteiger partial charge in [0.15, 0.2) is 5.78 Å². The normalized spacial score (nSPS) is 11.2. The van der Waals surface area contributed by atoms with Gasteiger partial charge in [-0.15, -0.1) is 11.3 Å². The molecule has 3 aromatic heterocycles. The van der Waals surface area contributed by atoms with E-state index in [1.54, 1.807) is 5.38 Å². The van der Waals surface area contributed by atoms with E-state index in [4.69, 9.17) is 0 Å². The molecule has 0 bridgehead atoms. The molecular formula is C21H20FN5OS. The van der Waals surface area contributed by atoms with Crippen LogP contribution in [0.25, 0.3) is 11.0 Å². The van der Waals surface area contributed by atoms with Crippen LogP contribution in [0.15, 0.2) is 48.0 Å². The van der Waals surface area contributed by atoms with E-state index >= 15 is 0 Å². The molecule has 29 heavy (non-hydrogen) atoms. The molecule has 1 aromatic carbocycles. The second kappa shape index (κ2) is 9.02. The summed E-state index contributed by atoms with van der Waals surface area (Å²) >= 11 is 1.47. The Labute approximate surface area is 171 Å². The first kappa shape index (κ1) is 19.4. The summed E-state index contributed by atoms with van der Waals surface area (Å²) in [5.74, 6) is 0.422. The van der Waals surface area contributed by atoms with Crippen LogP contribution in [-0.2, 0) is 19.4 Å². The maximum Gasteiger partial charge on any atom is 0.182 e. The molecule has 2 N–H and O–H groups in total. The van der Waals surface area contributed by atoms with Gasteiger partial charge >= 0.3 is 0 Å². The highest BCUT2D eigenvalue weighted by molar-refractivity contribution is 7.09. The molecule has 0 aliphatic carbocycles. The number of rotatable bonds is 9. The van der Waals surface area contributed by atoms with Gasteiger partial charge in [0, 0.05) is 31.0 Å². The van der Waals surface area contributed by atoms with Crippen molar-refractivity contribution in [3.63, 3.8) is 0 Å². The minimum atomic E-state index is -0.380. The Hall–Kier alpha value is -2.97. The minimum Gasteiger partial charge on any atom is -0.341 e. The summed E-state index contributed by atoms with van der Waals surface area (Å²) in [6.07, 6.45) is 2.73. The van der Waals surface area contributed by atoms with Crippen LogP contribution in [0.2, 0.25) is 0 Å². The number of H-pyrrole nitrogens is 1. The van der Waals surface area contributed by atoms with Crippen molar-refractivity contribution in [3.05, 3.63) is 76.0 Å². The number of hydrogen-bond acceptors (Lipinski definition) is 6. The number of ketones is 1. The van der Waals surface area contributed by atoms with E-state index < -0.39 is 0 Å². The molecule has 0 unspecified atom stereocenters. The first-order valence-electron chi connectivity index (χ1n) is 9.40. The molecule has 0 atom stereocenters. The molecule has 0 saturated heterocycles. The Morgan fingerprint density at radius 2 is 2.03 bits per heavy atom. The summed E-state index contributed by atoms with van der Waals surface area (Å²) in [5, 5.41) is 6.01. The average Bonchev–Trinajstić information content (AvgIpc) is 3.37. The fraction of sp³-hybridized carbons (Fsp3) is 0.238. The summed E-state index contributed by atoms with van der Waals surface area (Å²) in [6.45, 7) is 1.37. The van der Waals surface area contributed by atoms with E-state index in [0.29, 0.717) is 17.9 Å². The molecular weight excluding hydrogens is 389 g/mol. The zero-order valence-corrected chi connectivity index (χ0v) is 16.5. The van der Waals surface area contributed by atoms with Crippen molar-refractivity contribution >= 4 is 28.2 Å². The lowest BCUT2D eigenvalue weighted by molar-refractivity contribution is 0.0978. The maximum atomic E-state index is 13.6. The summed E-state index contributed by atoms with van der Waals surface area (Å²) in [4.78, 5) is 28.5. The SMILES string of the molecule is O=C(CCc1ncccc1F)c1csc(CCNCc2nc3ccccc3[nH]2)n1. The van der Waals surface area contributed by atoms with E-state index in [9.17, 15) is 9.18 Å². The van der Waals surface area contributed by atoms with Gasteiger partial charge in [-0.25, -0.2) is 14.4 Å². The highest BCUT2D eigenvalue weighted by Gasteiger charge is 2.13. The number of aryl methyl sites for hydroxylation is 1. The summed E-state index contributed by atoms with van der Waals surface area (Å²) in [6, 6.07) is 10.8. The Kier molecular flexibility index (Phi) is 6.02. The number of thiazole rings is 1. The van der Waals surface area contributed by atoms with Crippen molar-refractivity contribution in [2.24, 2.45) is 0 Å². The van der Waals surface area contributed by atoms with Gasteiger partial charge in [0.2, 0.25) is 0 Å². The lowest BCUT2D eigenvalue weighted by Gasteiger charge is -2.01. The molecule has 0 spiro atoms. The number of pyridine rings is 1. The van der Waals surface area contributed by atoms with E-state index in [1.165, 1.54) is 29.7 Å². The number of benzene rings is 1. The molecule has 8 heteroatoms. The minimum absolute atomic E-state index is 0.0900. The number of aromatic amines is 1. The zero-order valence-electron chi connectivity index (χ0n) is 15.7. The van der Waals surface area contributed by atoms with Gasteiger partial charge in [-0.05, 0) is 30.7 Å². The third-order valence-electron chi connectivity index (χ3n) is 4.51. The van der Waals surface area contributed by atoms with Crippen LogP contribution in [0.1, 0.15) is 33.4 Å². The predicted molar refractivity (Wildman–Crippen MR) is 110 cm³/mol. The van der Waals surface area contributed by atoms with Gasteiger partial charge < -0.3 is 10.3 Å². The van der Waals surface area contributed by atoms with Crippen molar-refractivity contribution in [2.45, 2.75) is 25.8 Å². The van der Waals surface area contributed by atoms with Gasteiger partial charge in [0.1, 0.15) is 17.3 Å². The van der Waals surface area contributed by atoms with E-state index in [2.05, 4.69) is 25.3 Å². The fourth-order valence-corrected chi connectivity index (χ4v) is 3.81.